The van der Waals surface area contributed by atoms with E-state index >= 15 is 0 Å². The summed E-state index contributed by atoms with van der Waals surface area (Å²) in [6.45, 7) is 4.89. The molecule has 1 aromatic heterocycles. The second-order valence-electron chi connectivity index (χ2n) is 8.39. The molecule has 3 rings (SSSR count). The van der Waals surface area contributed by atoms with Gasteiger partial charge in [-0.3, -0.25) is 4.79 Å². The lowest BCUT2D eigenvalue weighted by Crippen LogP contribution is -2.41. The summed E-state index contributed by atoms with van der Waals surface area (Å²) in [5.41, 5.74) is 1.10. The number of methoxy groups -OCH3 is 1. The third-order valence-corrected chi connectivity index (χ3v) is 5.84. The van der Waals surface area contributed by atoms with Gasteiger partial charge in [0.2, 0.25) is 0 Å². The molecule has 1 fully saturated rings. The normalized spacial score (nSPS) is 15.5. The zero-order valence-corrected chi connectivity index (χ0v) is 19.1. The molecule has 7 nitrogen and oxygen atoms in total. The van der Waals surface area contributed by atoms with E-state index in [1.165, 1.54) is 13.5 Å². The first-order chi connectivity index (χ1) is 14.9. The molecular formula is C23H31ClN4O3. The minimum absolute atomic E-state index is 0.0885. The molecular weight excluding hydrogens is 416 g/mol. The van der Waals surface area contributed by atoms with Crippen LogP contribution in [0.4, 0.5) is 11.5 Å². The Bertz CT molecular complexity index is 887. The van der Waals surface area contributed by atoms with E-state index in [0.29, 0.717) is 28.9 Å². The molecule has 2 N–H and O–H groups in total. The van der Waals surface area contributed by atoms with Gasteiger partial charge in [-0.1, -0.05) is 44.7 Å². The Hall–Kier alpha value is -2.38. The molecule has 31 heavy (non-hydrogen) atoms. The average molecular weight is 447 g/mol. The molecule has 1 heterocycles. The summed E-state index contributed by atoms with van der Waals surface area (Å²) < 4.78 is 5.17. The van der Waals surface area contributed by atoms with E-state index in [-0.39, 0.29) is 17.8 Å². The summed E-state index contributed by atoms with van der Waals surface area (Å²) in [5, 5.41) is 13.6. The summed E-state index contributed by atoms with van der Waals surface area (Å²) in [4.78, 5) is 23.5. The standard InChI is InChI=1S/C23H31ClN4O3/c1-15(2)14-28(20-11-12-25-23(26-20)31-3)17-9-10-19(24)18(13-17)22(30)27-21(29)16-7-5-4-6-8-16/h9-13,15-16,21,29H,4-8,14H2,1-3H3,(H,27,30). The molecule has 1 aliphatic carbocycles. The van der Waals surface area contributed by atoms with Crippen LogP contribution in [0.3, 0.4) is 0 Å². The molecule has 1 atom stereocenters. The van der Waals surface area contributed by atoms with Gasteiger partial charge in [0.05, 0.1) is 17.7 Å². The molecule has 8 heteroatoms. The van der Waals surface area contributed by atoms with E-state index in [2.05, 4.69) is 29.1 Å². The molecule has 2 aromatic rings. The molecule has 1 aliphatic rings. The van der Waals surface area contributed by atoms with Crippen molar-refractivity contribution in [2.24, 2.45) is 11.8 Å². The molecule has 1 unspecified atom stereocenters. The molecule has 168 valence electrons. The van der Waals surface area contributed by atoms with Crippen LogP contribution < -0.4 is 15.0 Å². The second kappa shape index (κ2) is 10.8. The van der Waals surface area contributed by atoms with Gasteiger partial charge in [-0.15, -0.1) is 0 Å². The van der Waals surface area contributed by atoms with Gasteiger partial charge in [-0.05, 0) is 43.0 Å². The minimum atomic E-state index is -0.870. The number of benzene rings is 1. The van der Waals surface area contributed by atoms with E-state index < -0.39 is 6.23 Å². The van der Waals surface area contributed by atoms with Crippen LogP contribution in [0.5, 0.6) is 6.01 Å². The first-order valence-electron chi connectivity index (χ1n) is 10.8. The van der Waals surface area contributed by atoms with Crippen LogP contribution >= 0.6 is 11.6 Å². The Balaban J connectivity index is 1.86. The highest BCUT2D eigenvalue weighted by Crippen LogP contribution is 2.30. The SMILES string of the molecule is COc1nccc(N(CC(C)C)c2ccc(Cl)c(C(=O)NC(O)C3CCCCC3)c2)n1. The van der Waals surface area contributed by atoms with Gasteiger partial charge < -0.3 is 20.1 Å². The van der Waals surface area contributed by atoms with Crippen LogP contribution in [0.1, 0.15) is 56.3 Å². The number of nitrogens with zero attached hydrogens (tertiary/aromatic N) is 3. The van der Waals surface area contributed by atoms with Crippen molar-refractivity contribution >= 4 is 29.0 Å². The maximum absolute atomic E-state index is 12.9. The second-order valence-corrected chi connectivity index (χ2v) is 8.79. The summed E-state index contributed by atoms with van der Waals surface area (Å²) in [5.74, 6) is 0.707. The predicted octanol–water partition coefficient (Wildman–Crippen LogP) is 4.56. The minimum Gasteiger partial charge on any atom is -0.467 e. The third-order valence-electron chi connectivity index (χ3n) is 5.51. The zero-order valence-electron chi connectivity index (χ0n) is 18.3. The third kappa shape index (κ3) is 6.08. The van der Waals surface area contributed by atoms with E-state index in [0.717, 1.165) is 31.4 Å². The van der Waals surface area contributed by atoms with E-state index in [1.807, 2.05) is 11.0 Å². The monoisotopic (exact) mass is 446 g/mol. The Morgan fingerprint density at radius 1 is 1.29 bits per heavy atom. The van der Waals surface area contributed by atoms with Crippen molar-refractivity contribution in [2.75, 3.05) is 18.6 Å². The predicted molar refractivity (Wildman–Crippen MR) is 122 cm³/mol. The molecule has 1 saturated carbocycles. The lowest BCUT2D eigenvalue weighted by Gasteiger charge is -2.28. The molecule has 0 aliphatic heterocycles. The number of carbonyl (C=O) groups excluding carboxylic acids is 1. The maximum atomic E-state index is 12.9. The smallest absolute Gasteiger partial charge is 0.318 e. The van der Waals surface area contributed by atoms with Crippen LogP contribution in [0, 0.1) is 11.8 Å². The number of carbonyl (C=O) groups is 1. The molecule has 0 radical (unpaired) electrons. The van der Waals surface area contributed by atoms with E-state index in [4.69, 9.17) is 16.3 Å². The van der Waals surface area contributed by atoms with Crippen molar-refractivity contribution in [3.05, 3.63) is 41.0 Å². The number of aromatic nitrogens is 2. The highest BCUT2D eigenvalue weighted by molar-refractivity contribution is 6.34. The van der Waals surface area contributed by atoms with Crippen molar-refractivity contribution in [3.63, 3.8) is 0 Å². The van der Waals surface area contributed by atoms with Gasteiger partial charge in [0.25, 0.3) is 5.91 Å². The Kier molecular flexibility index (Phi) is 8.09. The van der Waals surface area contributed by atoms with Crippen molar-refractivity contribution in [1.29, 1.82) is 0 Å². The van der Waals surface area contributed by atoms with Crippen molar-refractivity contribution in [2.45, 2.75) is 52.2 Å². The average Bonchev–Trinajstić information content (AvgIpc) is 2.78. The molecule has 1 amide bonds. The highest BCUT2D eigenvalue weighted by Gasteiger charge is 2.25. The van der Waals surface area contributed by atoms with E-state index in [9.17, 15) is 9.90 Å². The number of anilines is 2. The number of hydrogen-bond donors (Lipinski definition) is 2. The zero-order chi connectivity index (χ0) is 22.4. The largest absolute Gasteiger partial charge is 0.467 e. The topological polar surface area (TPSA) is 87.6 Å². The van der Waals surface area contributed by atoms with E-state index in [1.54, 1.807) is 24.4 Å². The van der Waals surface area contributed by atoms with Crippen molar-refractivity contribution in [1.82, 2.24) is 15.3 Å². The number of hydrogen-bond acceptors (Lipinski definition) is 6. The van der Waals surface area contributed by atoms with Crippen LogP contribution in [0.25, 0.3) is 0 Å². The molecule has 0 bridgehead atoms. The molecule has 1 aromatic carbocycles. The van der Waals surface area contributed by atoms with Gasteiger partial charge in [-0.25, -0.2) is 4.98 Å². The fourth-order valence-corrected chi connectivity index (χ4v) is 4.12. The maximum Gasteiger partial charge on any atom is 0.318 e. The van der Waals surface area contributed by atoms with Gasteiger partial charge in [0.15, 0.2) is 0 Å². The molecule has 0 saturated heterocycles. The van der Waals surface area contributed by atoms with Gasteiger partial charge in [-0.2, -0.15) is 4.98 Å². The first-order valence-corrected chi connectivity index (χ1v) is 11.2. The lowest BCUT2D eigenvalue weighted by atomic mass is 9.88. The Morgan fingerprint density at radius 2 is 2.03 bits per heavy atom. The number of ether oxygens (including phenoxy) is 1. The molecule has 0 spiro atoms. The van der Waals surface area contributed by atoms with Crippen LogP contribution in [0.15, 0.2) is 30.5 Å². The first kappa shape index (κ1) is 23.3. The fraction of sp³-hybridized carbons (Fsp3) is 0.522. The van der Waals surface area contributed by atoms with Crippen LogP contribution in [-0.2, 0) is 0 Å². The summed E-state index contributed by atoms with van der Waals surface area (Å²) in [7, 11) is 1.52. The highest BCUT2D eigenvalue weighted by atomic mass is 35.5. The summed E-state index contributed by atoms with van der Waals surface area (Å²) >= 11 is 6.36. The van der Waals surface area contributed by atoms with Gasteiger partial charge >= 0.3 is 6.01 Å². The summed E-state index contributed by atoms with van der Waals surface area (Å²) in [6, 6.07) is 7.36. The fourth-order valence-electron chi connectivity index (χ4n) is 3.91. The summed E-state index contributed by atoms with van der Waals surface area (Å²) in [6.07, 6.45) is 5.97. The Morgan fingerprint density at radius 3 is 2.71 bits per heavy atom. The number of nitrogens with one attached hydrogen (secondary N) is 1. The van der Waals surface area contributed by atoms with Gasteiger partial charge in [0.1, 0.15) is 12.0 Å². The van der Waals surface area contributed by atoms with Crippen LogP contribution in [0.2, 0.25) is 5.02 Å². The number of amides is 1. The van der Waals surface area contributed by atoms with Crippen molar-refractivity contribution in [3.8, 4) is 6.01 Å². The number of halogens is 1. The van der Waals surface area contributed by atoms with Crippen molar-refractivity contribution < 1.29 is 14.6 Å². The quantitative estimate of drug-likeness (QED) is 0.578. The number of rotatable bonds is 8. The lowest BCUT2D eigenvalue weighted by molar-refractivity contribution is 0.0463. The van der Waals surface area contributed by atoms with Crippen LogP contribution in [-0.4, -0.2) is 40.9 Å². The number of aliphatic hydroxyl groups excluding tert-OH is 1. The number of aliphatic hydroxyl groups is 1. The van der Waals surface area contributed by atoms with Gasteiger partial charge in [0, 0.05) is 24.3 Å². The Labute approximate surface area is 188 Å².